The molecule has 21 heavy (non-hydrogen) atoms. The molecule has 0 saturated heterocycles. The Morgan fingerprint density at radius 2 is 1.86 bits per heavy atom. The smallest absolute Gasteiger partial charge is 0.266 e. The lowest BCUT2D eigenvalue weighted by Gasteiger charge is -2.05. The summed E-state index contributed by atoms with van der Waals surface area (Å²) in [6, 6.07) is 16.0. The fourth-order valence-corrected chi connectivity index (χ4v) is 2.15. The first-order valence-corrected chi connectivity index (χ1v) is 7.20. The maximum atomic E-state index is 12.1. The van der Waals surface area contributed by atoms with Gasteiger partial charge in [-0.3, -0.25) is 4.79 Å². The van der Waals surface area contributed by atoms with E-state index in [1.165, 1.54) is 6.08 Å². The molecule has 0 aliphatic heterocycles. The van der Waals surface area contributed by atoms with Crippen LogP contribution in [-0.2, 0) is 4.79 Å². The van der Waals surface area contributed by atoms with Crippen LogP contribution in [0.5, 0.6) is 0 Å². The van der Waals surface area contributed by atoms with E-state index < -0.39 is 5.91 Å². The maximum absolute atomic E-state index is 12.1. The Hall–Kier alpha value is -2.09. The van der Waals surface area contributed by atoms with E-state index in [-0.39, 0.29) is 5.57 Å². The number of carbonyl (C=O) groups excluding carboxylic acids is 1. The number of carbonyl (C=O) groups is 1. The normalized spacial score (nSPS) is 10.8. The highest BCUT2D eigenvalue weighted by Gasteiger charge is 2.10. The fraction of sp³-hybridized carbons (Fsp3) is 0. The molecule has 5 heteroatoms. The van der Waals surface area contributed by atoms with Crippen molar-refractivity contribution in [1.82, 2.24) is 0 Å². The number of benzene rings is 2. The predicted molar refractivity (Wildman–Crippen MR) is 87.8 cm³/mol. The molecule has 2 rings (SSSR count). The average Bonchev–Trinajstić information content (AvgIpc) is 2.48. The molecule has 3 nitrogen and oxygen atoms in total. The van der Waals surface area contributed by atoms with Crippen molar-refractivity contribution < 1.29 is 4.79 Å². The van der Waals surface area contributed by atoms with Gasteiger partial charge in [-0.05, 0) is 42.0 Å². The Morgan fingerprint density at radius 1 is 1.19 bits per heavy atom. The zero-order valence-corrected chi connectivity index (χ0v) is 13.1. The van der Waals surface area contributed by atoms with Crippen LogP contribution in [0.3, 0.4) is 0 Å². The second kappa shape index (κ2) is 7.07. The molecule has 2 aromatic rings. The number of hydrogen-bond acceptors (Lipinski definition) is 2. The zero-order valence-electron chi connectivity index (χ0n) is 10.8. The summed E-state index contributed by atoms with van der Waals surface area (Å²) in [5.41, 5.74) is 1.37. The molecular weight excluding hydrogens is 352 g/mol. The van der Waals surface area contributed by atoms with E-state index in [0.717, 1.165) is 10.0 Å². The largest absolute Gasteiger partial charge is 0.321 e. The summed E-state index contributed by atoms with van der Waals surface area (Å²) in [6.07, 6.45) is 1.54. The molecule has 0 aliphatic carbocycles. The highest BCUT2D eigenvalue weighted by Crippen LogP contribution is 2.20. The van der Waals surface area contributed by atoms with Gasteiger partial charge in [-0.1, -0.05) is 45.7 Å². The van der Waals surface area contributed by atoms with Gasteiger partial charge in [0.2, 0.25) is 0 Å². The van der Waals surface area contributed by atoms with Crippen LogP contribution in [0.2, 0.25) is 5.02 Å². The Balaban J connectivity index is 2.22. The molecule has 0 aliphatic rings. The van der Waals surface area contributed by atoms with Gasteiger partial charge in [-0.2, -0.15) is 5.26 Å². The predicted octanol–water partition coefficient (Wildman–Crippen LogP) is 4.65. The topological polar surface area (TPSA) is 52.9 Å². The molecule has 0 aromatic heterocycles. The number of nitrogens with one attached hydrogen (secondary N) is 1. The first kappa shape index (κ1) is 15.3. The summed E-state index contributed by atoms with van der Waals surface area (Å²) in [7, 11) is 0. The maximum Gasteiger partial charge on any atom is 0.266 e. The summed E-state index contributed by atoms with van der Waals surface area (Å²) in [6.45, 7) is 0. The lowest BCUT2D eigenvalue weighted by molar-refractivity contribution is -0.112. The summed E-state index contributed by atoms with van der Waals surface area (Å²) in [4.78, 5) is 12.1. The molecule has 0 fully saturated rings. The van der Waals surface area contributed by atoms with E-state index in [4.69, 9.17) is 16.9 Å². The van der Waals surface area contributed by atoms with E-state index in [0.29, 0.717) is 10.7 Å². The molecule has 1 N–H and O–H groups in total. The summed E-state index contributed by atoms with van der Waals surface area (Å²) < 4.78 is 0.817. The fourth-order valence-electron chi connectivity index (χ4n) is 1.63. The van der Waals surface area contributed by atoms with E-state index >= 15 is 0 Å². The van der Waals surface area contributed by atoms with Crippen molar-refractivity contribution in [2.24, 2.45) is 0 Å². The van der Waals surface area contributed by atoms with Crippen LogP contribution >= 0.6 is 27.5 Å². The molecule has 0 unspecified atom stereocenters. The van der Waals surface area contributed by atoms with Crippen LogP contribution < -0.4 is 5.32 Å². The standard InChI is InChI=1S/C16H10BrClN2O/c17-15-4-2-1-3-11(15)9-12(10-19)16(21)20-14-7-5-13(18)6-8-14/h1-9H,(H,20,21)/b12-9+. The third-order valence-electron chi connectivity index (χ3n) is 2.67. The Labute approximate surface area is 136 Å². The van der Waals surface area contributed by atoms with Gasteiger partial charge in [0.15, 0.2) is 0 Å². The number of hydrogen-bond donors (Lipinski definition) is 1. The Bertz CT molecular complexity index is 733. The van der Waals surface area contributed by atoms with E-state index in [1.54, 1.807) is 24.3 Å². The van der Waals surface area contributed by atoms with Gasteiger partial charge in [0.05, 0.1) is 0 Å². The van der Waals surface area contributed by atoms with E-state index in [9.17, 15) is 4.79 Å². The molecule has 0 bridgehead atoms. The SMILES string of the molecule is N#C/C(=C\c1ccccc1Br)C(=O)Nc1ccc(Cl)cc1. The van der Waals surface area contributed by atoms with Crippen molar-refractivity contribution in [2.75, 3.05) is 5.32 Å². The van der Waals surface area contributed by atoms with Crippen LogP contribution in [-0.4, -0.2) is 5.91 Å². The van der Waals surface area contributed by atoms with E-state index in [2.05, 4.69) is 21.2 Å². The second-order valence-corrected chi connectivity index (χ2v) is 5.44. The highest BCUT2D eigenvalue weighted by molar-refractivity contribution is 9.10. The first-order chi connectivity index (χ1) is 10.1. The number of rotatable bonds is 3. The van der Waals surface area contributed by atoms with Crippen molar-refractivity contribution in [3.8, 4) is 6.07 Å². The van der Waals surface area contributed by atoms with Crippen molar-refractivity contribution in [1.29, 1.82) is 5.26 Å². The van der Waals surface area contributed by atoms with Crippen LogP contribution in [0.4, 0.5) is 5.69 Å². The molecular formula is C16H10BrClN2O. The monoisotopic (exact) mass is 360 g/mol. The molecule has 1 amide bonds. The molecule has 0 heterocycles. The molecule has 0 spiro atoms. The van der Waals surface area contributed by atoms with Gasteiger partial charge in [-0.15, -0.1) is 0 Å². The van der Waals surface area contributed by atoms with Gasteiger partial charge in [0.1, 0.15) is 11.6 Å². The molecule has 2 aromatic carbocycles. The molecule has 0 radical (unpaired) electrons. The third-order valence-corrected chi connectivity index (χ3v) is 3.65. The summed E-state index contributed by atoms with van der Waals surface area (Å²) in [5.74, 6) is -0.462. The highest BCUT2D eigenvalue weighted by atomic mass is 79.9. The zero-order chi connectivity index (χ0) is 15.2. The lowest BCUT2D eigenvalue weighted by atomic mass is 10.1. The molecule has 104 valence electrons. The van der Waals surface area contributed by atoms with Gasteiger partial charge < -0.3 is 5.32 Å². The number of anilines is 1. The van der Waals surface area contributed by atoms with Crippen molar-refractivity contribution >= 4 is 45.2 Å². The Morgan fingerprint density at radius 3 is 2.48 bits per heavy atom. The average molecular weight is 362 g/mol. The minimum absolute atomic E-state index is 0.0249. The summed E-state index contributed by atoms with van der Waals surface area (Å²) in [5, 5.41) is 12.4. The van der Waals surface area contributed by atoms with Gasteiger partial charge in [0, 0.05) is 15.2 Å². The van der Waals surface area contributed by atoms with Crippen LogP contribution in [0.15, 0.2) is 58.6 Å². The van der Waals surface area contributed by atoms with Crippen LogP contribution in [0.1, 0.15) is 5.56 Å². The van der Waals surface area contributed by atoms with E-state index in [1.807, 2.05) is 30.3 Å². The molecule has 0 saturated carbocycles. The minimum atomic E-state index is -0.462. The second-order valence-electron chi connectivity index (χ2n) is 4.15. The van der Waals surface area contributed by atoms with Crippen molar-refractivity contribution in [2.45, 2.75) is 0 Å². The first-order valence-electron chi connectivity index (χ1n) is 6.03. The number of nitrogens with zero attached hydrogens (tertiary/aromatic N) is 1. The van der Waals surface area contributed by atoms with Gasteiger partial charge in [-0.25, -0.2) is 0 Å². The number of halogens is 2. The van der Waals surface area contributed by atoms with Crippen LogP contribution in [0, 0.1) is 11.3 Å². The Kier molecular flexibility index (Phi) is 5.15. The molecule has 0 atom stereocenters. The van der Waals surface area contributed by atoms with Gasteiger partial charge >= 0.3 is 0 Å². The third kappa shape index (κ3) is 4.19. The quantitative estimate of drug-likeness (QED) is 0.639. The lowest BCUT2D eigenvalue weighted by Crippen LogP contribution is -2.13. The number of amides is 1. The van der Waals surface area contributed by atoms with Crippen LogP contribution in [0.25, 0.3) is 6.08 Å². The van der Waals surface area contributed by atoms with Crippen molar-refractivity contribution in [3.05, 3.63) is 69.2 Å². The number of nitriles is 1. The van der Waals surface area contributed by atoms with Crippen molar-refractivity contribution in [3.63, 3.8) is 0 Å². The minimum Gasteiger partial charge on any atom is -0.321 e. The summed E-state index contributed by atoms with van der Waals surface area (Å²) >= 11 is 9.16. The van der Waals surface area contributed by atoms with Gasteiger partial charge in [0.25, 0.3) is 5.91 Å².